The van der Waals surface area contributed by atoms with Gasteiger partial charge in [0.1, 0.15) is 11.2 Å². The fourth-order valence-electron chi connectivity index (χ4n) is 4.94. The molecule has 6 rings (SSSR count). The Morgan fingerprint density at radius 3 is 2.50 bits per heavy atom. The monoisotopic (exact) mass is 573 g/mol. The van der Waals surface area contributed by atoms with Crippen LogP contribution < -0.4 is 5.32 Å². The summed E-state index contributed by atoms with van der Waals surface area (Å²) in [5.41, 5.74) is 3.35. The maximum absolute atomic E-state index is 13.4. The first kappa shape index (κ1) is 27.1. The third kappa shape index (κ3) is 5.56. The van der Waals surface area contributed by atoms with E-state index >= 15 is 0 Å². The molecule has 1 N–H and O–H groups in total. The maximum atomic E-state index is 13.4. The van der Waals surface area contributed by atoms with E-state index in [9.17, 15) is 18.4 Å². The second-order valence-electron chi connectivity index (χ2n) is 9.70. The summed E-state index contributed by atoms with van der Waals surface area (Å²) in [5, 5.41) is 14.0. The number of piperazine rings is 1. The highest BCUT2D eigenvalue weighted by atomic mass is 19.3. The summed E-state index contributed by atoms with van der Waals surface area (Å²) in [6.45, 7) is 0.201. The first-order valence-electron chi connectivity index (χ1n) is 13.2. The number of alkyl halides is 2. The molecular formula is C28H25F2N9O3. The lowest BCUT2D eigenvalue weighted by atomic mass is 10.0. The average Bonchev–Trinajstić information content (AvgIpc) is 3.66. The SMILES string of the molecule is CC(=O)Nc1ccc2nc(-c3ccnc(C(=O)N4CCN([C@H](c5ccccc5)c5nnn(C(F)F)n5)CC4)c3)oc2c1. The highest BCUT2D eigenvalue weighted by molar-refractivity contribution is 5.94. The average molecular weight is 574 g/mol. The lowest BCUT2D eigenvalue weighted by Crippen LogP contribution is -2.50. The molecule has 0 aliphatic carbocycles. The van der Waals surface area contributed by atoms with Gasteiger partial charge in [-0.2, -0.15) is 8.78 Å². The molecule has 14 heteroatoms. The van der Waals surface area contributed by atoms with Gasteiger partial charge in [-0.05, 0) is 35.0 Å². The number of oxazole rings is 1. The molecule has 0 unspecified atom stereocenters. The van der Waals surface area contributed by atoms with Gasteiger partial charge in [0.15, 0.2) is 11.4 Å². The molecule has 0 radical (unpaired) electrons. The van der Waals surface area contributed by atoms with Crippen LogP contribution in [0.5, 0.6) is 0 Å². The van der Waals surface area contributed by atoms with Gasteiger partial charge in [-0.1, -0.05) is 35.1 Å². The van der Waals surface area contributed by atoms with E-state index in [1.807, 2.05) is 35.2 Å². The number of carbonyl (C=O) groups is 2. The molecule has 1 saturated heterocycles. The van der Waals surface area contributed by atoms with Crippen LogP contribution >= 0.6 is 0 Å². The molecule has 4 heterocycles. The molecule has 1 atom stereocenters. The fourth-order valence-corrected chi connectivity index (χ4v) is 4.94. The van der Waals surface area contributed by atoms with E-state index < -0.39 is 12.6 Å². The van der Waals surface area contributed by atoms with Crippen molar-refractivity contribution in [1.82, 2.24) is 40.0 Å². The topological polar surface area (TPSA) is 135 Å². The normalized spacial score (nSPS) is 14.8. The van der Waals surface area contributed by atoms with Crippen LogP contribution in [-0.4, -0.2) is 78.0 Å². The van der Waals surface area contributed by atoms with Gasteiger partial charge in [-0.15, -0.1) is 10.2 Å². The Balaban J connectivity index is 1.18. The molecule has 2 amide bonds. The third-order valence-electron chi connectivity index (χ3n) is 6.88. The Morgan fingerprint density at radius 1 is 1.00 bits per heavy atom. The van der Waals surface area contributed by atoms with Crippen molar-refractivity contribution in [3.05, 3.63) is 83.9 Å². The van der Waals surface area contributed by atoms with Crippen molar-refractivity contribution >= 4 is 28.6 Å². The Labute approximate surface area is 238 Å². The molecule has 12 nitrogen and oxygen atoms in total. The summed E-state index contributed by atoms with van der Waals surface area (Å²) in [7, 11) is 0. The van der Waals surface area contributed by atoms with Crippen LogP contribution in [0, 0.1) is 0 Å². The van der Waals surface area contributed by atoms with Crippen LogP contribution in [0.25, 0.3) is 22.6 Å². The van der Waals surface area contributed by atoms with Crippen LogP contribution in [0.15, 0.2) is 71.3 Å². The predicted molar refractivity (Wildman–Crippen MR) is 146 cm³/mol. The Hall–Kier alpha value is -5.11. The van der Waals surface area contributed by atoms with Gasteiger partial charge in [0.05, 0.1) is 6.04 Å². The van der Waals surface area contributed by atoms with E-state index in [1.165, 1.54) is 13.1 Å². The minimum atomic E-state index is -2.89. The van der Waals surface area contributed by atoms with Gasteiger partial charge in [-0.3, -0.25) is 19.5 Å². The molecule has 0 bridgehead atoms. The van der Waals surface area contributed by atoms with Crippen molar-refractivity contribution < 1.29 is 22.8 Å². The molecule has 5 aromatic rings. The highest BCUT2D eigenvalue weighted by Crippen LogP contribution is 2.29. The van der Waals surface area contributed by atoms with E-state index in [-0.39, 0.29) is 23.3 Å². The van der Waals surface area contributed by atoms with Crippen LogP contribution in [0.2, 0.25) is 0 Å². The molecular weight excluding hydrogens is 548 g/mol. The number of hydrogen-bond acceptors (Lipinski definition) is 9. The molecule has 1 fully saturated rings. The lowest BCUT2D eigenvalue weighted by Gasteiger charge is -2.38. The standard InChI is InChI=1S/C28H25F2N9O3/c1-17(40)32-20-7-8-21-23(16-20)42-26(33-21)19-9-10-31-22(15-19)27(41)38-13-11-37(12-14-38)24(18-5-3-2-4-6-18)25-34-36-39(35-25)28(29)30/h2-10,15-16,24,28H,11-14H2,1H3,(H,32,40)/t24-/m1/s1. The first-order valence-corrected chi connectivity index (χ1v) is 13.2. The van der Waals surface area contributed by atoms with Crippen LogP contribution in [-0.2, 0) is 4.79 Å². The number of rotatable bonds is 7. The van der Waals surface area contributed by atoms with Crippen molar-refractivity contribution in [2.24, 2.45) is 0 Å². The van der Waals surface area contributed by atoms with Crippen molar-refractivity contribution in [2.75, 3.05) is 31.5 Å². The molecule has 42 heavy (non-hydrogen) atoms. The molecule has 0 spiro atoms. The van der Waals surface area contributed by atoms with Gasteiger partial charge >= 0.3 is 6.55 Å². The maximum Gasteiger partial charge on any atom is 0.350 e. The van der Waals surface area contributed by atoms with Crippen molar-refractivity contribution in [1.29, 1.82) is 0 Å². The van der Waals surface area contributed by atoms with Gasteiger partial charge < -0.3 is 14.6 Å². The third-order valence-corrected chi connectivity index (χ3v) is 6.88. The molecule has 1 aliphatic rings. The van der Waals surface area contributed by atoms with Crippen molar-refractivity contribution in [3.63, 3.8) is 0 Å². The van der Waals surface area contributed by atoms with E-state index in [1.54, 1.807) is 35.2 Å². The van der Waals surface area contributed by atoms with Crippen LogP contribution in [0.4, 0.5) is 14.5 Å². The van der Waals surface area contributed by atoms with E-state index in [0.29, 0.717) is 59.2 Å². The minimum Gasteiger partial charge on any atom is -0.436 e. The predicted octanol–water partition coefficient (Wildman–Crippen LogP) is 3.78. The Bertz CT molecular complexity index is 1730. The van der Waals surface area contributed by atoms with Crippen LogP contribution in [0.3, 0.4) is 0 Å². The summed E-state index contributed by atoms with van der Waals surface area (Å²) < 4.78 is 32.2. The number of benzene rings is 2. The fraction of sp³-hybridized carbons (Fsp3) is 0.250. The quantitative estimate of drug-likeness (QED) is 0.309. The number of aromatic nitrogens is 6. The van der Waals surface area contributed by atoms with Crippen molar-refractivity contribution in [2.45, 2.75) is 19.5 Å². The number of fused-ring (bicyclic) bond motifs is 1. The summed E-state index contributed by atoms with van der Waals surface area (Å²) in [5.74, 6) is 0.0389. The number of carbonyl (C=O) groups excluding carboxylic acids is 2. The summed E-state index contributed by atoms with van der Waals surface area (Å²) in [4.78, 5) is 37.6. The van der Waals surface area contributed by atoms with Crippen molar-refractivity contribution in [3.8, 4) is 11.5 Å². The summed E-state index contributed by atoms with van der Waals surface area (Å²) in [6.07, 6.45) is 1.53. The largest absolute Gasteiger partial charge is 0.436 e. The Morgan fingerprint density at radius 2 is 1.79 bits per heavy atom. The van der Waals surface area contributed by atoms with Gasteiger partial charge in [0.2, 0.25) is 11.8 Å². The van der Waals surface area contributed by atoms with E-state index in [2.05, 4.69) is 30.7 Å². The zero-order chi connectivity index (χ0) is 29.2. The zero-order valence-electron chi connectivity index (χ0n) is 22.4. The molecule has 3 aromatic heterocycles. The first-order chi connectivity index (χ1) is 20.4. The van der Waals surface area contributed by atoms with Gasteiger partial charge in [-0.25, -0.2) is 4.98 Å². The van der Waals surface area contributed by atoms with Gasteiger partial charge in [0, 0.05) is 56.6 Å². The number of nitrogens with zero attached hydrogens (tertiary/aromatic N) is 8. The highest BCUT2D eigenvalue weighted by Gasteiger charge is 2.32. The van der Waals surface area contributed by atoms with Gasteiger partial charge in [0.25, 0.3) is 5.91 Å². The number of halogens is 2. The van der Waals surface area contributed by atoms with Crippen LogP contribution in [0.1, 0.15) is 41.4 Å². The molecule has 2 aromatic carbocycles. The summed E-state index contributed by atoms with van der Waals surface area (Å²) in [6, 6.07) is 17.4. The zero-order valence-corrected chi connectivity index (χ0v) is 22.4. The number of hydrogen-bond donors (Lipinski definition) is 1. The second kappa shape index (κ2) is 11.4. The summed E-state index contributed by atoms with van der Waals surface area (Å²) >= 11 is 0. The number of tetrazole rings is 1. The number of anilines is 1. The number of amides is 2. The number of nitrogens with one attached hydrogen (secondary N) is 1. The number of pyridine rings is 1. The molecule has 0 saturated carbocycles. The lowest BCUT2D eigenvalue weighted by molar-refractivity contribution is -0.114. The second-order valence-corrected chi connectivity index (χ2v) is 9.70. The molecule has 1 aliphatic heterocycles. The van der Waals surface area contributed by atoms with E-state index in [4.69, 9.17) is 4.42 Å². The minimum absolute atomic E-state index is 0.165. The molecule has 214 valence electrons. The van der Waals surface area contributed by atoms with E-state index in [0.717, 1.165) is 5.56 Å². The smallest absolute Gasteiger partial charge is 0.350 e. The Kier molecular flexibility index (Phi) is 7.35.